The third-order valence-electron chi connectivity index (χ3n) is 5.60. The zero-order valence-electron chi connectivity index (χ0n) is 19.5. The van der Waals surface area contributed by atoms with Crippen LogP contribution in [-0.2, 0) is 17.8 Å². The Hall–Kier alpha value is -3.17. The molecule has 0 unspecified atom stereocenters. The second-order valence-corrected chi connectivity index (χ2v) is 10.9. The van der Waals surface area contributed by atoms with Crippen LogP contribution in [0.25, 0.3) is 22.2 Å². The van der Waals surface area contributed by atoms with Gasteiger partial charge in [-0.25, -0.2) is 4.98 Å². The van der Waals surface area contributed by atoms with E-state index in [1.807, 2.05) is 34.9 Å². The number of halogens is 2. The third-order valence-corrected chi connectivity index (χ3v) is 8.19. The number of aromatic nitrogens is 4. The first-order valence-corrected chi connectivity index (χ1v) is 13.9. The Morgan fingerprint density at radius 2 is 1.81 bits per heavy atom. The largest absolute Gasteiger partial charge is 0.301 e. The van der Waals surface area contributed by atoms with Gasteiger partial charge in [0.15, 0.2) is 16.1 Å². The molecule has 0 bridgehead atoms. The van der Waals surface area contributed by atoms with Crippen LogP contribution in [0.4, 0.5) is 5.13 Å². The number of allylic oxidation sites excluding steroid dienone is 1. The molecule has 186 valence electrons. The molecule has 1 amide bonds. The molecule has 0 atom stereocenters. The molecule has 0 aliphatic rings. The maximum Gasteiger partial charge on any atom is 0.236 e. The minimum Gasteiger partial charge on any atom is -0.301 e. The van der Waals surface area contributed by atoms with E-state index in [4.69, 9.17) is 23.2 Å². The molecule has 0 saturated carbocycles. The van der Waals surface area contributed by atoms with Crippen molar-refractivity contribution in [3.8, 4) is 11.4 Å². The van der Waals surface area contributed by atoms with Crippen LogP contribution in [0, 0.1) is 0 Å². The van der Waals surface area contributed by atoms with E-state index < -0.39 is 0 Å². The van der Waals surface area contributed by atoms with Gasteiger partial charge in [-0.15, -0.1) is 28.1 Å². The van der Waals surface area contributed by atoms with Crippen LogP contribution in [-0.4, -0.2) is 31.4 Å². The molecule has 0 saturated heterocycles. The number of thioether (sulfide) groups is 1. The first-order valence-electron chi connectivity index (χ1n) is 11.4. The lowest BCUT2D eigenvalue weighted by Crippen LogP contribution is -2.14. The van der Waals surface area contributed by atoms with Crippen molar-refractivity contribution in [1.82, 2.24) is 19.7 Å². The summed E-state index contributed by atoms with van der Waals surface area (Å²) in [4.78, 5) is 18.0. The molecule has 0 aliphatic heterocycles. The Bertz CT molecular complexity index is 1570. The summed E-state index contributed by atoms with van der Waals surface area (Å²) < 4.78 is 1.97. The van der Waals surface area contributed by atoms with Gasteiger partial charge in [0.25, 0.3) is 0 Å². The van der Waals surface area contributed by atoms with E-state index in [0.717, 1.165) is 32.6 Å². The van der Waals surface area contributed by atoms with Gasteiger partial charge in [0.1, 0.15) is 0 Å². The molecular formula is C27H21Cl2N5OS2. The van der Waals surface area contributed by atoms with Crippen molar-refractivity contribution in [2.75, 3.05) is 11.1 Å². The van der Waals surface area contributed by atoms with Crippen LogP contribution >= 0.6 is 46.3 Å². The molecule has 0 spiro atoms. The highest BCUT2D eigenvalue weighted by molar-refractivity contribution is 7.99. The molecule has 2 heterocycles. The number of hydrogen-bond donors (Lipinski definition) is 1. The molecule has 3 aromatic carbocycles. The molecule has 0 radical (unpaired) electrons. The van der Waals surface area contributed by atoms with Crippen LogP contribution in [0.15, 0.2) is 84.7 Å². The van der Waals surface area contributed by atoms with E-state index in [1.165, 1.54) is 23.1 Å². The van der Waals surface area contributed by atoms with E-state index in [0.29, 0.717) is 33.3 Å². The Labute approximate surface area is 232 Å². The summed E-state index contributed by atoms with van der Waals surface area (Å²) in [5.41, 5.74) is 1.82. The number of fused-ring (bicyclic) bond motifs is 1. The molecule has 5 aromatic rings. The van der Waals surface area contributed by atoms with Crippen LogP contribution in [0.5, 0.6) is 0 Å². The van der Waals surface area contributed by atoms with Crippen LogP contribution < -0.4 is 5.32 Å². The number of benzene rings is 3. The first kappa shape index (κ1) is 25.5. The van der Waals surface area contributed by atoms with Gasteiger partial charge in [-0.2, -0.15) is 0 Å². The summed E-state index contributed by atoms with van der Waals surface area (Å²) in [5, 5.41) is 16.3. The van der Waals surface area contributed by atoms with Crippen molar-refractivity contribution in [2.24, 2.45) is 0 Å². The van der Waals surface area contributed by atoms with Crippen LogP contribution in [0.2, 0.25) is 10.0 Å². The standard InChI is InChI=1S/C27H21Cl2N5OS2/c1-2-13-34-25(20-10-5-8-17-7-3-4-9-19(17)20)32-33-27(34)36-16-24(35)31-26-30-15-18(37-26)14-21-22(28)11-6-12-23(21)29/h2-12,15H,1,13-14,16H2,(H,30,31,35). The van der Waals surface area contributed by atoms with Gasteiger partial charge in [0.05, 0.1) is 5.75 Å². The monoisotopic (exact) mass is 565 g/mol. The number of nitrogens with zero attached hydrogens (tertiary/aromatic N) is 4. The third kappa shape index (κ3) is 5.72. The fourth-order valence-electron chi connectivity index (χ4n) is 3.92. The van der Waals surface area contributed by atoms with Gasteiger partial charge in [-0.3, -0.25) is 9.36 Å². The number of amides is 1. The lowest BCUT2D eigenvalue weighted by Gasteiger charge is -2.10. The fourth-order valence-corrected chi connectivity index (χ4v) is 6.04. The quantitative estimate of drug-likeness (QED) is 0.149. The molecule has 0 fully saturated rings. The van der Waals surface area contributed by atoms with E-state index in [-0.39, 0.29) is 11.7 Å². The van der Waals surface area contributed by atoms with E-state index in [2.05, 4.69) is 45.3 Å². The molecular weight excluding hydrogens is 545 g/mol. The normalized spacial score (nSPS) is 11.1. The molecule has 6 nitrogen and oxygen atoms in total. The minimum atomic E-state index is -0.179. The summed E-state index contributed by atoms with van der Waals surface area (Å²) in [6, 6.07) is 19.7. The van der Waals surface area contributed by atoms with Gasteiger partial charge in [-0.1, -0.05) is 89.6 Å². The molecule has 5 rings (SSSR count). The van der Waals surface area contributed by atoms with E-state index >= 15 is 0 Å². The van der Waals surface area contributed by atoms with Gasteiger partial charge in [0, 0.05) is 39.6 Å². The van der Waals surface area contributed by atoms with Crippen molar-refractivity contribution in [1.29, 1.82) is 0 Å². The van der Waals surface area contributed by atoms with Gasteiger partial charge >= 0.3 is 0 Å². The Balaban J connectivity index is 1.27. The molecule has 37 heavy (non-hydrogen) atoms. The van der Waals surface area contributed by atoms with Gasteiger partial charge < -0.3 is 5.32 Å². The van der Waals surface area contributed by atoms with Crippen LogP contribution in [0.3, 0.4) is 0 Å². The summed E-state index contributed by atoms with van der Waals surface area (Å²) in [5.74, 6) is 0.722. The number of rotatable bonds is 9. The van der Waals surface area contributed by atoms with Crippen molar-refractivity contribution in [2.45, 2.75) is 18.1 Å². The first-order chi connectivity index (χ1) is 18.0. The predicted molar refractivity (Wildman–Crippen MR) is 154 cm³/mol. The average Bonchev–Trinajstić information content (AvgIpc) is 3.51. The zero-order valence-corrected chi connectivity index (χ0v) is 22.7. The van der Waals surface area contributed by atoms with E-state index in [1.54, 1.807) is 24.4 Å². The molecule has 0 aliphatic carbocycles. The van der Waals surface area contributed by atoms with Crippen molar-refractivity contribution in [3.05, 3.63) is 100 Å². The smallest absolute Gasteiger partial charge is 0.236 e. The highest BCUT2D eigenvalue weighted by Gasteiger charge is 2.17. The highest BCUT2D eigenvalue weighted by Crippen LogP contribution is 2.31. The number of anilines is 1. The zero-order chi connectivity index (χ0) is 25.8. The lowest BCUT2D eigenvalue weighted by atomic mass is 10.0. The maximum absolute atomic E-state index is 12.7. The Morgan fingerprint density at radius 1 is 1.05 bits per heavy atom. The fraction of sp³-hybridized carbons (Fsp3) is 0.111. The Kier molecular flexibility index (Phi) is 7.90. The second-order valence-electron chi connectivity index (χ2n) is 8.08. The van der Waals surface area contributed by atoms with Gasteiger partial charge in [0.2, 0.25) is 5.91 Å². The maximum atomic E-state index is 12.7. The SMILES string of the molecule is C=CCn1c(SCC(=O)Nc2ncc(Cc3c(Cl)cccc3Cl)s2)nnc1-c1cccc2ccccc12. The average molecular weight is 567 g/mol. The second kappa shape index (κ2) is 11.5. The molecule has 1 N–H and O–H groups in total. The number of thiazole rings is 1. The number of carbonyl (C=O) groups is 1. The molecule has 10 heteroatoms. The Morgan fingerprint density at radius 3 is 2.62 bits per heavy atom. The predicted octanol–water partition coefficient (Wildman–Crippen LogP) is 7.37. The number of hydrogen-bond acceptors (Lipinski definition) is 6. The highest BCUT2D eigenvalue weighted by atomic mass is 35.5. The lowest BCUT2D eigenvalue weighted by molar-refractivity contribution is -0.113. The van der Waals surface area contributed by atoms with E-state index in [9.17, 15) is 4.79 Å². The number of carbonyl (C=O) groups excluding carboxylic acids is 1. The summed E-state index contributed by atoms with van der Waals surface area (Å²) in [6.45, 7) is 4.40. The van der Waals surface area contributed by atoms with Crippen LogP contribution in [0.1, 0.15) is 10.4 Å². The summed E-state index contributed by atoms with van der Waals surface area (Å²) in [7, 11) is 0. The van der Waals surface area contributed by atoms with Crippen molar-refractivity contribution >= 4 is 68.1 Å². The summed E-state index contributed by atoms with van der Waals surface area (Å²) in [6.07, 6.45) is 4.07. The minimum absolute atomic E-state index is 0.163. The van der Waals surface area contributed by atoms with Crippen molar-refractivity contribution in [3.63, 3.8) is 0 Å². The van der Waals surface area contributed by atoms with Gasteiger partial charge in [-0.05, 0) is 28.5 Å². The topological polar surface area (TPSA) is 72.7 Å². The number of nitrogens with one attached hydrogen (secondary N) is 1. The molecule has 2 aromatic heterocycles. The van der Waals surface area contributed by atoms with Crippen molar-refractivity contribution < 1.29 is 4.79 Å². The summed E-state index contributed by atoms with van der Waals surface area (Å²) >= 11 is 15.3.